The molecule has 114 valence electrons. The fourth-order valence-electron chi connectivity index (χ4n) is 2.83. The van der Waals surface area contributed by atoms with Crippen LogP contribution < -0.4 is 5.32 Å². The maximum atomic E-state index is 4.74. The highest BCUT2D eigenvalue weighted by Gasteiger charge is 2.11. The molecule has 0 aliphatic carbocycles. The summed E-state index contributed by atoms with van der Waals surface area (Å²) in [4.78, 5) is 4.74. The van der Waals surface area contributed by atoms with Crippen molar-refractivity contribution in [3.63, 3.8) is 0 Å². The molecule has 0 atom stereocenters. The van der Waals surface area contributed by atoms with Gasteiger partial charge in [0.15, 0.2) is 5.82 Å². The van der Waals surface area contributed by atoms with E-state index in [0.29, 0.717) is 5.82 Å². The highest BCUT2D eigenvalue weighted by Crippen LogP contribution is 2.25. The summed E-state index contributed by atoms with van der Waals surface area (Å²) in [5.74, 6) is 0.714. The van der Waals surface area contributed by atoms with Crippen molar-refractivity contribution < 1.29 is 0 Å². The second-order valence-electron chi connectivity index (χ2n) is 5.92. The number of hydrogen-bond acceptors (Lipinski definition) is 4. The molecular formula is C18H17N5. The van der Waals surface area contributed by atoms with E-state index in [9.17, 15) is 0 Å². The summed E-state index contributed by atoms with van der Waals surface area (Å²) in [6.07, 6.45) is 1.73. The molecule has 0 radical (unpaired) electrons. The van der Waals surface area contributed by atoms with Crippen LogP contribution in [0.15, 0.2) is 42.7 Å². The molecule has 0 aliphatic heterocycles. The van der Waals surface area contributed by atoms with Crippen LogP contribution in [-0.4, -0.2) is 19.6 Å². The Kier molecular flexibility index (Phi) is 3.01. The van der Waals surface area contributed by atoms with Crippen LogP contribution in [0.25, 0.3) is 16.7 Å². The Morgan fingerprint density at radius 2 is 1.74 bits per heavy atom. The number of hydrogen-bond donors (Lipinski definition) is 1. The van der Waals surface area contributed by atoms with Crippen molar-refractivity contribution in [2.75, 3.05) is 5.32 Å². The summed E-state index contributed by atoms with van der Waals surface area (Å²) in [5.41, 5.74) is 7.27. The molecule has 0 saturated heterocycles. The predicted octanol–water partition coefficient (Wildman–Crippen LogP) is 3.95. The van der Waals surface area contributed by atoms with Gasteiger partial charge in [0.25, 0.3) is 0 Å². The molecule has 5 nitrogen and oxygen atoms in total. The fourth-order valence-corrected chi connectivity index (χ4v) is 2.83. The quantitative estimate of drug-likeness (QED) is 0.609. The van der Waals surface area contributed by atoms with E-state index in [-0.39, 0.29) is 0 Å². The number of aromatic nitrogens is 4. The van der Waals surface area contributed by atoms with E-state index < -0.39 is 0 Å². The first-order valence-corrected chi connectivity index (χ1v) is 7.56. The van der Waals surface area contributed by atoms with Gasteiger partial charge in [-0.3, -0.25) is 4.40 Å². The van der Waals surface area contributed by atoms with Crippen molar-refractivity contribution >= 4 is 28.2 Å². The molecule has 0 fully saturated rings. The Hall–Kier alpha value is -2.95. The molecule has 0 aliphatic rings. The van der Waals surface area contributed by atoms with Gasteiger partial charge in [0.05, 0.1) is 11.0 Å². The van der Waals surface area contributed by atoms with E-state index in [0.717, 1.165) is 22.4 Å². The minimum Gasteiger partial charge on any atom is -0.337 e. The number of nitrogens with one attached hydrogen (secondary N) is 1. The molecule has 0 bridgehead atoms. The molecule has 0 unspecified atom stereocenters. The molecule has 4 rings (SSSR count). The van der Waals surface area contributed by atoms with Crippen LogP contribution >= 0.6 is 0 Å². The highest BCUT2D eigenvalue weighted by atomic mass is 15.3. The van der Waals surface area contributed by atoms with Crippen LogP contribution in [0.1, 0.15) is 16.7 Å². The number of aryl methyl sites for hydroxylation is 3. The second-order valence-corrected chi connectivity index (χ2v) is 5.92. The van der Waals surface area contributed by atoms with Gasteiger partial charge in [-0.15, -0.1) is 10.2 Å². The lowest BCUT2D eigenvalue weighted by Gasteiger charge is -2.12. The van der Waals surface area contributed by atoms with Crippen LogP contribution in [0.3, 0.4) is 0 Å². The van der Waals surface area contributed by atoms with Crippen LogP contribution in [0.5, 0.6) is 0 Å². The van der Waals surface area contributed by atoms with Gasteiger partial charge in [-0.2, -0.15) is 0 Å². The molecule has 2 heterocycles. The lowest BCUT2D eigenvalue weighted by Crippen LogP contribution is -2.01. The van der Waals surface area contributed by atoms with Gasteiger partial charge in [0, 0.05) is 5.69 Å². The van der Waals surface area contributed by atoms with Gasteiger partial charge in [-0.05, 0) is 50.1 Å². The zero-order valence-corrected chi connectivity index (χ0v) is 13.3. The fraction of sp³-hybridized carbons (Fsp3) is 0.167. The van der Waals surface area contributed by atoms with Crippen LogP contribution in [0, 0.1) is 20.8 Å². The number of rotatable bonds is 2. The lowest BCUT2D eigenvalue weighted by atomic mass is 10.1. The van der Waals surface area contributed by atoms with Gasteiger partial charge >= 0.3 is 0 Å². The molecule has 0 saturated carbocycles. The molecule has 1 N–H and O–H groups in total. The van der Waals surface area contributed by atoms with Crippen LogP contribution in [-0.2, 0) is 0 Å². The first-order valence-electron chi connectivity index (χ1n) is 7.56. The van der Waals surface area contributed by atoms with Crippen LogP contribution in [0.4, 0.5) is 11.5 Å². The Morgan fingerprint density at radius 1 is 0.957 bits per heavy atom. The summed E-state index contributed by atoms with van der Waals surface area (Å²) in [6.45, 7) is 6.24. The zero-order valence-electron chi connectivity index (χ0n) is 13.3. The predicted molar refractivity (Wildman–Crippen MR) is 92.2 cm³/mol. The third-order valence-electron chi connectivity index (χ3n) is 4.02. The zero-order chi connectivity index (χ0) is 16.0. The van der Waals surface area contributed by atoms with E-state index in [1.54, 1.807) is 6.33 Å². The van der Waals surface area contributed by atoms with Gasteiger partial charge in [-0.1, -0.05) is 23.8 Å². The summed E-state index contributed by atoms with van der Waals surface area (Å²) in [5, 5.41) is 11.7. The summed E-state index contributed by atoms with van der Waals surface area (Å²) >= 11 is 0. The highest BCUT2D eigenvalue weighted by molar-refractivity contribution is 5.84. The van der Waals surface area contributed by atoms with Crippen molar-refractivity contribution in [3.05, 3.63) is 59.4 Å². The monoisotopic (exact) mass is 303 g/mol. The number of benzene rings is 2. The van der Waals surface area contributed by atoms with Gasteiger partial charge < -0.3 is 5.32 Å². The summed E-state index contributed by atoms with van der Waals surface area (Å²) < 4.78 is 1.97. The largest absolute Gasteiger partial charge is 0.337 e. The lowest BCUT2D eigenvalue weighted by molar-refractivity contribution is 1.11. The maximum Gasteiger partial charge on any atom is 0.204 e. The van der Waals surface area contributed by atoms with Crippen molar-refractivity contribution in [2.45, 2.75) is 20.8 Å². The second kappa shape index (κ2) is 5.05. The molecule has 0 amide bonds. The molecule has 2 aromatic heterocycles. The van der Waals surface area contributed by atoms with Crippen molar-refractivity contribution in [3.8, 4) is 0 Å². The van der Waals surface area contributed by atoms with Gasteiger partial charge in [0.1, 0.15) is 6.33 Å². The molecule has 2 aromatic carbocycles. The normalized spacial score (nSPS) is 11.3. The average Bonchev–Trinajstić information content (AvgIpc) is 3.01. The first kappa shape index (κ1) is 13.7. The van der Waals surface area contributed by atoms with E-state index in [4.69, 9.17) is 4.98 Å². The Morgan fingerprint density at radius 3 is 2.57 bits per heavy atom. The number of nitrogens with zero attached hydrogens (tertiary/aromatic N) is 4. The summed E-state index contributed by atoms with van der Waals surface area (Å²) in [7, 11) is 0. The number of fused-ring (bicyclic) bond motifs is 3. The number of anilines is 2. The molecule has 5 heteroatoms. The smallest absolute Gasteiger partial charge is 0.204 e. The van der Waals surface area contributed by atoms with E-state index in [1.807, 2.05) is 10.5 Å². The van der Waals surface area contributed by atoms with E-state index in [1.165, 1.54) is 16.7 Å². The van der Waals surface area contributed by atoms with Gasteiger partial charge in [-0.25, -0.2) is 4.98 Å². The third kappa shape index (κ3) is 2.30. The maximum absolute atomic E-state index is 4.74. The Labute approximate surface area is 134 Å². The molecular weight excluding hydrogens is 286 g/mol. The SMILES string of the molecule is Cc1ccc(Nc2nc3ccc(C)cc3n3cnnc23)c(C)c1. The minimum absolute atomic E-state index is 0.714. The first-order chi connectivity index (χ1) is 11.1. The minimum atomic E-state index is 0.714. The van der Waals surface area contributed by atoms with E-state index >= 15 is 0 Å². The standard InChI is InChI=1S/C18H17N5/c1-11-4-6-14(13(3)8-11)20-17-18-22-19-10-23(18)16-9-12(2)5-7-15(16)21-17/h4-10H,1-3H3,(H,20,21). The van der Waals surface area contributed by atoms with Crippen LogP contribution in [0.2, 0.25) is 0 Å². The Balaban J connectivity index is 1.91. The van der Waals surface area contributed by atoms with E-state index in [2.05, 4.69) is 66.6 Å². The molecule has 23 heavy (non-hydrogen) atoms. The van der Waals surface area contributed by atoms with Gasteiger partial charge in [0.2, 0.25) is 5.65 Å². The van der Waals surface area contributed by atoms with Crippen molar-refractivity contribution in [1.29, 1.82) is 0 Å². The molecule has 0 spiro atoms. The topological polar surface area (TPSA) is 55.1 Å². The molecule has 4 aromatic rings. The van der Waals surface area contributed by atoms with Crippen molar-refractivity contribution in [2.24, 2.45) is 0 Å². The summed E-state index contributed by atoms with van der Waals surface area (Å²) in [6, 6.07) is 12.5. The van der Waals surface area contributed by atoms with Crippen molar-refractivity contribution in [1.82, 2.24) is 19.6 Å². The Bertz CT molecular complexity index is 1030. The third-order valence-corrected chi connectivity index (χ3v) is 4.02. The average molecular weight is 303 g/mol.